The third-order valence-corrected chi connectivity index (χ3v) is 2.67. The van der Waals surface area contributed by atoms with Crippen LogP contribution in [0.2, 0.25) is 0 Å². The summed E-state index contributed by atoms with van der Waals surface area (Å²) >= 11 is 0. The molecule has 1 aliphatic rings. The van der Waals surface area contributed by atoms with Crippen LogP contribution in [0.5, 0.6) is 0 Å². The van der Waals surface area contributed by atoms with Crippen LogP contribution >= 0.6 is 0 Å². The summed E-state index contributed by atoms with van der Waals surface area (Å²) in [6.45, 7) is 6.70. The van der Waals surface area contributed by atoms with Crippen molar-refractivity contribution in [2.45, 2.75) is 32.6 Å². The molecule has 0 amide bonds. The summed E-state index contributed by atoms with van der Waals surface area (Å²) in [4.78, 5) is 4.37. The molecule has 0 atom stereocenters. The molecule has 0 aromatic heterocycles. The summed E-state index contributed by atoms with van der Waals surface area (Å²) in [7, 11) is 0. The van der Waals surface area contributed by atoms with Gasteiger partial charge in [-0.1, -0.05) is 45.0 Å². The van der Waals surface area contributed by atoms with Gasteiger partial charge in [0.1, 0.15) is 0 Å². The minimum atomic E-state index is 0.207. The van der Waals surface area contributed by atoms with E-state index in [9.17, 15) is 0 Å². The van der Waals surface area contributed by atoms with E-state index < -0.39 is 0 Å². The second kappa shape index (κ2) is 3.65. The third-order valence-electron chi connectivity index (χ3n) is 2.67. The highest BCUT2D eigenvalue weighted by Gasteiger charge is 2.14. The van der Waals surface area contributed by atoms with Crippen LogP contribution in [-0.4, -0.2) is 6.21 Å². The smallest absolute Gasteiger partial charge is 0.0662 e. The lowest BCUT2D eigenvalue weighted by Gasteiger charge is -2.19. The maximum atomic E-state index is 4.37. The Hall–Kier alpha value is -1.37. The summed E-state index contributed by atoms with van der Waals surface area (Å²) in [5.74, 6) is 0. The molecule has 0 N–H and O–H groups in total. The molecule has 0 spiro atoms. The molecule has 15 heavy (non-hydrogen) atoms. The maximum Gasteiger partial charge on any atom is 0.0662 e. The van der Waals surface area contributed by atoms with Crippen molar-refractivity contribution < 1.29 is 0 Å². The van der Waals surface area contributed by atoms with Crippen LogP contribution < -0.4 is 0 Å². The lowest BCUT2D eigenvalue weighted by molar-refractivity contribution is 0.590. The van der Waals surface area contributed by atoms with Gasteiger partial charge >= 0.3 is 0 Å². The predicted molar refractivity (Wildman–Crippen MR) is 66.2 cm³/mol. The Bertz CT molecular complexity index is 419. The Morgan fingerprint density at radius 2 is 2.00 bits per heavy atom. The number of rotatable bonds is 1. The van der Waals surface area contributed by atoms with Gasteiger partial charge in [0.25, 0.3) is 0 Å². The topological polar surface area (TPSA) is 12.4 Å². The molecule has 1 nitrogen and oxygen atoms in total. The van der Waals surface area contributed by atoms with Crippen molar-refractivity contribution in [2.24, 2.45) is 4.99 Å². The second-order valence-electron chi connectivity index (χ2n) is 4.97. The van der Waals surface area contributed by atoms with Gasteiger partial charge in [-0.15, -0.1) is 0 Å². The van der Waals surface area contributed by atoms with Gasteiger partial charge in [0.15, 0.2) is 0 Å². The monoisotopic (exact) mass is 199 g/mol. The van der Waals surface area contributed by atoms with Gasteiger partial charge in [-0.25, -0.2) is 0 Å². The van der Waals surface area contributed by atoms with E-state index in [1.54, 1.807) is 0 Å². The lowest BCUT2D eigenvalue weighted by atomic mass is 9.86. The number of allylic oxidation sites excluding steroid dienone is 1. The largest absolute Gasteiger partial charge is 0.261 e. The summed E-state index contributed by atoms with van der Waals surface area (Å²) in [6.07, 6.45) is 5.09. The molecule has 1 heteroatoms. The molecule has 0 saturated heterocycles. The molecule has 78 valence electrons. The first-order valence-corrected chi connectivity index (χ1v) is 5.41. The van der Waals surface area contributed by atoms with E-state index in [1.807, 2.05) is 6.21 Å². The van der Waals surface area contributed by atoms with Gasteiger partial charge < -0.3 is 0 Å². The summed E-state index contributed by atoms with van der Waals surface area (Å²) < 4.78 is 0. The van der Waals surface area contributed by atoms with Crippen LogP contribution in [-0.2, 0) is 5.41 Å². The minimum Gasteiger partial charge on any atom is -0.261 e. The average molecular weight is 199 g/mol. The van der Waals surface area contributed by atoms with Gasteiger partial charge in [-0.2, -0.15) is 0 Å². The van der Waals surface area contributed by atoms with Crippen LogP contribution in [0.15, 0.2) is 35.3 Å². The van der Waals surface area contributed by atoms with Gasteiger partial charge in [-0.3, -0.25) is 4.99 Å². The van der Waals surface area contributed by atoms with Crippen molar-refractivity contribution in [1.82, 2.24) is 0 Å². The Morgan fingerprint density at radius 3 is 2.60 bits per heavy atom. The summed E-state index contributed by atoms with van der Waals surface area (Å²) in [6, 6.07) is 8.67. The van der Waals surface area contributed by atoms with E-state index in [-0.39, 0.29) is 5.41 Å². The Morgan fingerprint density at radius 1 is 1.20 bits per heavy atom. The predicted octanol–water partition coefficient (Wildman–Crippen LogP) is 3.80. The van der Waals surface area contributed by atoms with Gasteiger partial charge in [0.05, 0.1) is 5.70 Å². The molecular weight excluding hydrogens is 182 g/mol. The Labute approximate surface area is 91.6 Å². The third kappa shape index (κ3) is 2.17. The van der Waals surface area contributed by atoms with Gasteiger partial charge in [0.2, 0.25) is 0 Å². The van der Waals surface area contributed by atoms with Crippen molar-refractivity contribution in [3.05, 3.63) is 41.5 Å². The molecule has 1 aromatic rings. The highest BCUT2D eigenvalue weighted by molar-refractivity contribution is 5.81. The number of hydrogen-bond acceptors (Lipinski definition) is 1. The molecule has 0 aliphatic carbocycles. The Kier molecular flexibility index (Phi) is 2.47. The van der Waals surface area contributed by atoms with Crippen LogP contribution in [0.3, 0.4) is 0 Å². The van der Waals surface area contributed by atoms with Crippen molar-refractivity contribution in [2.75, 3.05) is 0 Å². The van der Waals surface area contributed by atoms with E-state index in [1.165, 1.54) is 11.1 Å². The van der Waals surface area contributed by atoms with E-state index in [0.29, 0.717) is 0 Å². The van der Waals surface area contributed by atoms with Gasteiger partial charge in [-0.05, 0) is 17.0 Å². The molecule has 0 bridgehead atoms. The van der Waals surface area contributed by atoms with Crippen molar-refractivity contribution in [3.8, 4) is 0 Å². The van der Waals surface area contributed by atoms with E-state index >= 15 is 0 Å². The number of hydrogen-bond donors (Lipinski definition) is 0. The van der Waals surface area contributed by atoms with Crippen molar-refractivity contribution in [3.63, 3.8) is 0 Å². The van der Waals surface area contributed by atoms with Crippen molar-refractivity contribution in [1.29, 1.82) is 0 Å². The number of nitrogens with zero attached hydrogens (tertiary/aromatic N) is 1. The maximum absolute atomic E-state index is 4.37. The molecule has 0 unspecified atom stereocenters. The molecule has 2 rings (SSSR count). The average Bonchev–Trinajstić information content (AvgIpc) is 2.69. The van der Waals surface area contributed by atoms with E-state index in [0.717, 1.165) is 12.1 Å². The zero-order valence-electron chi connectivity index (χ0n) is 9.62. The number of benzene rings is 1. The molecule has 0 radical (unpaired) electrons. The molecule has 1 aliphatic heterocycles. The highest BCUT2D eigenvalue weighted by atomic mass is 14.7. The fraction of sp³-hybridized carbons (Fsp3) is 0.357. The number of aliphatic imine (C=N–C) groups is 1. The first kappa shape index (κ1) is 10.2. The molecule has 1 aromatic carbocycles. The van der Waals surface area contributed by atoms with Crippen molar-refractivity contribution >= 4 is 11.9 Å². The first-order valence-electron chi connectivity index (χ1n) is 5.41. The second-order valence-corrected chi connectivity index (χ2v) is 4.97. The molecular formula is C14H17N. The fourth-order valence-electron chi connectivity index (χ4n) is 1.71. The van der Waals surface area contributed by atoms with E-state index in [2.05, 4.69) is 56.1 Å². The van der Waals surface area contributed by atoms with Gasteiger partial charge in [0, 0.05) is 18.2 Å². The van der Waals surface area contributed by atoms with Crippen LogP contribution in [0.25, 0.3) is 5.70 Å². The molecule has 0 fully saturated rings. The zero-order chi connectivity index (χ0) is 10.9. The first-order chi connectivity index (χ1) is 7.07. The standard InChI is InChI=1S/C14H17N/c1-14(2,3)12-7-4-6-11(10-12)13-8-5-9-15-13/h4,6-10H,5H2,1-3H3. The minimum absolute atomic E-state index is 0.207. The molecule has 1 heterocycles. The molecule has 0 saturated carbocycles. The normalized spacial score (nSPS) is 15.5. The van der Waals surface area contributed by atoms with Crippen LogP contribution in [0.1, 0.15) is 38.3 Å². The SMILES string of the molecule is CC(C)(C)c1cccc(C2=CCC=N2)c1. The summed E-state index contributed by atoms with van der Waals surface area (Å²) in [5.41, 5.74) is 3.92. The zero-order valence-corrected chi connectivity index (χ0v) is 9.62. The highest BCUT2D eigenvalue weighted by Crippen LogP contribution is 2.27. The van der Waals surface area contributed by atoms with Crippen LogP contribution in [0, 0.1) is 0 Å². The Balaban J connectivity index is 2.39. The fourth-order valence-corrected chi connectivity index (χ4v) is 1.71. The quantitative estimate of drug-likeness (QED) is 0.652. The summed E-state index contributed by atoms with van der Waals surface area (Å²) in [5, 5.41) is 0. The van der Waals surface area contributed by atoms with E-state index in [4.69, 9.17) is 0 Å². The lowest BCUT2D eigenvalue weighted by Crippen LogP contribution is -2.10. The van der Waals surface area contributed by atoms with Crippen LogP contribution in [0.4, 0.5) is 0 Å².